The Kier molecular flexibility index (Phi) is 6.89. The van der Waals surface area contributed by atoms with Gasteiger partial charge >= 0.3 is 0 Å². The van der Waals surface area contributed by atoms with Crippen LogP contribution in [0.5, 0.6) is 5.75 Å². The highest BCUT2D eigenvalue weighted by Gasteiger charge is 2.23. The van der Waals surface area contributed by atoms with E-state index in [0.717, 1.165) is 37.5 Å². The van der Waals surface area contributed by atoms with Crippen LogP contribution in [0, 0.1) is 0 Å². The molecule has 8 heteroatoms. The zero-order valence-corrected chi connectivity index (χ0v) is 16.4. The van der Waals surface area contributed by atoms with Gasteiger partial charge in [-0.15, -0.1) is 0 Å². The molecule has 0 spiro atoms. The summed E-state index contributed by atoms with van der Waals surface area (Å²) in [7, 11) is 3.67. The van der Waals surface area contributed by atoms with Gasteiger partial charge < -0.3 is 20.7 Å². The van der Waals surface area contributed by atoms with Crippen molar-refractivity contribution in [3.05, 3.63) is 47.8 Å². The van der Waals surface area contributed by atoms with Crippen LogP contribution in [0.25, 0.3) is 0 Å². The lowest BCUT2D eigenvalue weighted by Crippen LogP contribution is -2.38. The van der Waals surface area contributed by atoms with E-state index in [1.54, 1.807) is 13.2 Å². The molecule has 0 atom stereocenters. The molecule has 0 saturated heterocycles. The minimum atomic E-state index is -0.0548. The van der Waals surface area contributed by atoms with Crippen molar-refractivity contribution in [2.75, 3.05) is 20.2 Å². The number of nitrogens with one attached hydrogen (secondary N) is 3. The summed E-state index contributed by atoms with van der Waals surface area (Å²) in [4.78, 5) is 15.9. The lowest BCUT2D eigenvalue weighted by molar-refractivity contribution is -0.123. The van der Waals surface area contributed by atoms with Crippen LogP contribution >= 0.6 is 0 Å². The van der Waals surface area contributed by atoms with Crippen LogP contribution in [-0.2, 0) is 24.8 Å². The molecule has 1 fully saturated rings. The summed E-state index contributed by atoms with van der Waals surface area (Å²) in [5.41, 5.74) is 2.27. The third kappa shape index (κ3) is 6.29. The van der Waals surface area contributed by atoms with Gasteiger partial charge in [0.2, 0.25) is 0 Å². The lowest BCUT2D eigenvalue weighted by Gasteiger charge is -2.12. The first kappa shape index (κ1) is 19.7. The number of rotatable bonds is 9. The standard InChI is InChI=1S/C20H28N6O2/c1-21-20(23-13-17-10-12-24-26(17)2)22-11-9-15-3-7-18(8-4-15)28-14-19(27)25-16-5-6-16/h3-4,7-8,10,12,16H,5-6,9,11,13-14H2,1-2H3,(H,25,27)(H2,21,22,23). The van der Waals surface area contributed by atoms with Crippen molar-refractivity contribution < 1.29 is 9.53 Å². The van der Waals surface area contributed by atoms with Gasteiger partial charge in [-0.1, -0.05) is 12.1 Å². The minimum Gasteiger partial charge on any atom is -0.484 e. The van der Waals surface area contributed by atoms with Crippen molar-refractivity contribution in [2.24, 2.45) is 12.0 Å². The second kappa shape index (κ2) is 9.77. The minimum absolute atomic E-state index is 0.0548. The van der Waals surface area contributed by atoms with Gasteiger partial charge in [0.15, 0.2) is 12.6 Å². The summed E-state index contributed by atoms with van der Waals surface area (Å²) >= 11 is 0. The van der Waals surface area contributed by atoms with E-state index in [9.17, 15) is 4.79 Å². The third-order valence-corrected chi connectivity index (χ3v) is 4.52. The molecule has 1 aromatic carbocycles. The van der Waals surface area contributed by atoms with E-state index < -0.39 is 0 Å². The largest absolute Gasteiger partial charge is 0.484 e. The van der Waals surface area contributed by atoms with E-state index in [-0.39, 0.29) is 12.5 Å². The molecule has 3 N–H and O–H groups in total. The van der Waals surface area contributed by atoms with Gasteiger partial charge in [-0.05, 0) is 43.0 Å². The van der Waals surface area contributed by atoms with Crippen molar-refractivity contribution in [2.45, 2.75) is 31.8 Å². The Labute approximate surface area is 165 Å². The smallest absolute Gasteiger partial charge is 0.258 e. The summed E-state index contributed by atoms with van der Waals surface area (Å²) in [6.45, 7) is 1.49. The fraction of sp³-hybridized carbons (Fsp3) is 0.450. The number of aliphatic imine (C=N–C) groups is 1. The van der Waals surface area contributed by atoms with Crippen LogP contribution in [0.2, 0.25) is 0 Å². The van der Waals surface area contributed by atoms with E-state index in [0.29, 0.717) is 18.3 Å². The van der Waals surface area contributed by atoms with Crippen LogP contribution in [0.3, 0.4) is 0 Å². The fourth-order valence-corrected chi connectivity index (χ4v) is 2.69. The molecule has 3 rings (SSSR count). The van der Waals surface area contributed by atoms with Crippen molar-refractivity contribution >= 4 is 11.9 Å². The molecular formula is C20H28N6O2. The Bertz CT molecular complexity index is 795. The maximum absolute atomic E-state index is 11.6. The Morgan fingerprint density at radius 2 is 2.04 bits per heavy atom. The highest BCUT2D eigenvalue weighted by atomic mass is 16.5. The molecule has 0 bridgehead atoms. The topological polar surface area (TPSA) is 92.6 Å². The molecular weight excluding hydrogens is 356 g/mol. The summed E-state index contributed by atoms with van der Waals surface area (Å²) in [5, 5.41) is 13.6. The number of amides is 1. The normalized spacial score (nSPS) is 13.9. The van der Waals surface area contributed by atoms with Crippen molar-refractivity contribution in [3.8, 4) is 5.75 Å². The van der Waals surface area contributed by atoms with Crippen LogP contribution < -0.4 is 20.7 Å². The van der Waals surface area contributed by atoms with Gasteiger partial charge in [-0.2, -0.15) is 5.10 Å². The Morgan fingerprint density at radius 1 is 1.25 bits per heavy atom. The molecule has 28 heavy (non-hydrogen) atoms. The fourth-order valence-electron chi connectivity index (χ4n) is 2.69. The lowest BCUT2D eigenvalue weighted by atomic mass is 10.1. The first-order valence-electron chi connectivity index (χ1n) is 9.56. The molecule has 0 radical (unpaired) electrons. The maximum Gasteiger partial charge on any atom is 0.258 e. The number of aromatic nitrogens is 2. The number of guanidine groups is 1. The number of aryl methyl sites for hydroxylation is 1. The number of hydrogen-bond donors (Lipinski definition) is 3. The molecule has 8 nitrogen and oxygen atoms in total. The Morgan fingerprint density at radius 3 is 2.68 bits per heavy atom. The molecule has 1 aromatic heterocycles. The van der Waals surface area contributed by atoms with Crippen molar-refractivity contribution in [1.29, 1.82) is 0 Å². The highest BCUT2D eigenvalue weighted by Crippen LogP contribution is 2.18. The number of hydrogen-bond acceptors (Lipinski definition) is 4. The first-order valence-corrected chi connectivity index (χ1v) is 9.56. The van der Waals surface area contributed by atoms with E-state index in [1.165, 1.54) is 5.56 Å². The van der Waals surface area contributed by atoms with Crippen LogP contribution in [0.1, 0.15) is 24.1 Å². The molecule has 1 heterocycles. The van der Waals surface area contributed by atoms with Crippen molar-refractivity contribution in [3.63, 3.8) is 0 Å². The Hall–Kier alpha value is -3.03. The number of ether oxygens (including phenoxy) is 1. The summed E-state index contributed by atoms with van der Waals surface area (Å²) in [5.74, 6) is 1.40. The zero-order valence-electron chi connectivity index (χ0n) is 16.4. The van der Waals surface area contributed by atoms with Gasteiger partial charge in [0.25, 0.3) is 5.91 Å². The Balaban J connectivity index is 1.35. The monoisotopic (exact) mass is 384 g/mol. The average Bonchev–Trinajstić information content (AvgIpc) is 3.42. The molecule has 1 amide bonds. The number of carbonyl (C=O) groups is 1. The maximum atomic E-state index is 11.6. The number of nitrogens with zero attached hydrogens (tertiary/aromatic N) is 3. The predicted octanol–water partition coefficient (Wildman–Crippen LogP) is 0.985. The SMILES string of the molecule is CN=C(NCCc1ccc(OCC(=O)NC2CC2)cc1)NCc1ccnn1C. The highest BCUT2D eigenvalue weighted by molar-refractivity contribution is 5.79. The van der Waals surface area contributed by atoms with Crippen LogP contribution in [0.4, 0.5) is 0 Å². The van der Waals surface area contributed by atoms with Gasteiger partial charge in [0, 0.05) is 32.9 Å². The van der Waals surface area contributed by atoms with E-state index in [2.05, 4.69) is 26.0 Å². The molecule has 0 unspecified atom stereocenters. The zero-order chi connectivity index (χ0) is 19.8. The molecule has 1 aliphatic rings. The summed E-state index contributed by atoms with van der Waals surface area (Å²) < 4.78 is 7.36. The van der Waals surface area contributed by atoms with Gasteiger partial charge in [0.1, 0.15) is 5.75 Å². The van der Waals surface area contributed by atoms with Gasteiger partial charge in [-0.3, -0.25) is 14.5 Å². The van der Waals surface area contributed by atoms with Gasteiger partial charge in [-0.25, -0.2) is 0 Å². The summed E-state index contributed by atoms with van der Waals surface area (Å²) in [6, 6.07) is 10.2. The average molecular weight is 384 g/mol. The van der Waals surface area contributed by atoms with Crippen LogP contribution in [0.15, 0.2) is 41.5 Å². The van der Waals surface area contributed by atoms with Crippen LogP contribution in [-0.4, -0.2) is 47.9 Å². The first-order chi connectivity index (χ1) is 13.6. The molecule has 2 aromatic rings. The van der Waals surface area contributed by atoms with Crippen molar-refractivity contribution in [1.82, 2.24) is 25.7 Å². The van der Waals surface area contributed by atoms with E-state index >= 15 is 0 Å². The van der Waals surface area contributed by atoms with E-state index in [4.69, 9.17) is 4.74 Å². The summed E-state index contributed by atoms with van der Waals surface area (Å²) in [6.07, 6.45) is 4.80. The number of benzene rings is 1. The predicted molar refractivity (Wildman–Crippen MR) is 108 cm³/mol. The quantitative estimate of drug-likeness (QED) is 0.443. The second-order valence-corrected chi connectivity index (χ2v) is 6.82. The number of carbonyl (C=O) groups excluding carboxylic acids is 1. The molecule has 150 valence electrons. The molecule has 0 aliphatic heterocycles. The molecule has 1 aliphatic carbocycles. The van der Waals surface area contributed by atoms with E-state index in [1.807, 2.05) is 42.1 Å². The van der Waals surface area contributed by atoms with Gasteiger partial charge in [0.05, 0.1) is 12.2 Å². The third-order valence-electron chi connectivity index (χ3n) is 4.52. The second-order valence-electron chi connectivity index (χ2n) is 6.82. The molecule has 1 saturated carbocycles.